The van der Waals surface area contributed by atoms with Gasteiger partial charge < -0.3 is 29.9 Å². The van der Waals surface area contributed by atoms with Crippen molar-refractivity contribution in [3.05, 3.63) is 57.3 Å². The number of likely N-dealkylation sites (N-methyl/N-ethyl adjacent to an activating group) is 1. The summed E-state index contributed by atoms with van der Waals surface area (Å²) in [5, 5.41) is 7.50. The third kappa shape index (κ3) is 6.09. The smallest absolute Gasteiger partial charge is 0.227 e. The number of hydrogen-bond donors (Lipinski definition) is 2. The Morgan fingerprint density at radius 3 is 2.13 bits per heavy atom. The maximum atomic E-state index is 6.47. The normalized spacial score (nSPS) is 14.1. The van der Waals surface area contributed by atoms with Gasteiger partial charge in [0.15, 0.2) is 0 Å². The molecule has 3 aromatic rings. The van der Waals surface area contributed by atoms with E-state index in [-0.39, 0.29) is 0 Å². The van der Waals surface area contributed by atoms with Crippen LogP contribution in [0.25, 0.3) is 12.2 Å². The van der Waals surface area contributed by atoms with Crippen LogP contribution in [-0.4, -0.2) is 68.9 Å². The zero-order valence-corrected chi connectivity index (χ0v) is 24.0. The molecule has 1 saturated heterocycles. The highest BCUT2D eigenvalue weighted by Crippen LogP contribution is 2.41. The molecule has 0 amide bonds. The first-order chi connectivity index (χ1) is 18.4. The largest absolute Gasteiger partial charge is 0.495 e. The second kappa shape index (κ2) is 12.6. The molecule has 4 rings (SSSR count). The van der Waals surface area contributed by atoms with Gasteiger partial charge in [0.2, 0.25) is 5.95 Å². The molecule has 2 heterocycles. The molecule has 0 atom stereocenters. The molecule has 1 aliphatic rings. The van der Waals surface area contributed by atoms with E-state index < -0.39 is 0 Å². The quantitative estimate of drug-likeness (QED) is 0.322. The van der Waals surface area contributed by atoms with Gasteiger partial charge in [-0.05, 0) is 31.2 Å². The lowest BCUT2D eigenvalue weighted by atomic mass is 10.1. The molecule has 0 aliphatic carbocycles. The molecular formula is C28H34Cl2N6O2. The predicted octanol–water partition coefficient (Wildman–Crippen LogP) is 6.21. The minimum atomic E-state index is 0.402. The number of aryl methyl sites for hydroxylation is 1. The number of nitrogens with one attached hydrogen (secondary N) is 2. The summed E-state index contributed by atoms with van der Waals surface area (Å²) < 4.78 is 10.7. The Morgan fingerprint density at radius 2 is 1.58 bits per heavy atom. The second-order valence-corrected chi connectivity index (χ2v) is 9.73. The van der Waals surface area contributed by atoms with E-state index >= 15 is 0 Å². The number of anilines is 4. The number of ether oxygens (including phenoxy) is 2. The summed E-state index contributed by atoms with van der Waals surface area (Å²) in [7, 11) is 5.02. The van der Waals surface area contributed by atoms with Crippen molar-refractivity contribution < 1.29 is 9.47 Å². The number of aromatic nitrogens is 2. The van der Waals surface area contributed by atoms with Crippen LogP contribution in [0.3, 0.4) is 0 Å². The molecule has 1 aromatic heterocycles. The third-order valence-corrected chi connectivity index (χ3v) is 7.51. The second-order valence-electron chi connectivity index (χ2n) is 8.98. The van der Waals surface area contributed by atoms with Crippen molar-refractivity contribution in [2.24, 2.45) is 0 Å². The van der Waals surface area contributed by atoms with Crippen LogP contribution < -0.4 is 25.0 Å². The maximum absolute atomic E-state index is 6.47. The molecule has 0 saturated carbocycles. The number of piperazine rings is 1. The van der Waals surface area contributed by atoms with Gasteiger partial charge in [0.05, 0.1) is 35.6 Å². The van der Waals surface area contributed by atoms with Crippen LogP contribution in [0.15, 0.2) is 30.6 Å². The number of rotatable bonds is 9. The summed E-state index contributed by atoms with van der Waals surface area (Å²) >= 11 is 12.9. The summed E-state index contributed by atoms with van der Waals surface area (Å²) in [4.78, 5) is 13.9. The maximum Gasteiger partial charge on any atom is 0.227 e. The van der Waals surface area contributed by atoms with Crippen molar-refractivity contribution in [3.63, 3.8) is 0 Å². The molecular weight excluding hydrogens is 523 g/mol. The summed E-state index contributed by atoms with van der Waals surface area (Å²) in [6.45, 7) is 9.64. The molecule has 2 N–H and O–H groups in total. The summed E-state index contributed by atoms with van der Waals surface area (Å²) in [6, 6.07) is 6.06. The summed E-state index contributed by atoms with van der Waals surface area (Å²) in [5.74, 6) is 1.46. The lowest BCUT2D eigenvalue weighted by molar-refractivity contribution is 0.271. The van der Waals surface area contributed by atoms with Crippen LogP contribution in [-0.2, 0) is 0 Å². The average Bonchev–Trinajstić information content (AvgIpc) is 2.95. The van der Waals surface area contributed by atoms with Crippen molar-refractivity contribution >= 4 is 58.4 Å². The number of benzene rings is 2. The molecule has 38 heavy (non-hydrogen) atoms. The molecule has 8 nitrogen and oxygen atoms in total. The monoisotopic (exact) mass is 556 g/mol. The Hall–Kier alpha value is -3.20. The Bertz CT molecular complexity index is 1260. The van der Waals surface area contributed by atoms with Crippen molar-refractivity contribution in [2.75, 3.05) is 69.5 Å². The van der Waals surface area contributed by atoms with E-state index in [0.717, 1.165) is 55.2 Å². The van der Waals surface area contributed by atoms with Crippen molar-refractivity contribution in [3.8, 4) is 11.5 Å². The minimum Gasteiger partial charge on any atom is -0.495 e. The SMILES string of the molecule is CCN1CCN(c2cc(C)c(Nc3ncc(/C=C/c4c(Cl)c(OC)cc(OC)c4Cl)cn3)c(NC)c2)CC1. The first-order valence-corrected chi connectivity index (χ1v) is 13.3. The van der Waals surface area contributed by atoms with Gasteiger partial charge in [-0.2, -0.15) is 0 Å². The van der Waals surface area contributed by atoms with E-state index in [4.69, 9.17) is 32.7 Å². The molecule has 2 aromatic carbocycles. The summed E-state index contributed by atoms with van der Waals surface area (Å²) in [6.07, 6.45) is 7.11. The molecule has 202 valence electrons. The van der Waals surface area contributed by atoms with Gasteiger partial charge >= 0.3 is 0 Å². The highest BCUT2D eigenvalue weighted by Gasteiger charge is 2.19. The van der Waals surface area contributed by atoms with Crippen LogP contribution >= 0.6 is 23.2 Å². The topological polar surface area (TPSA) is 74.8 Å². The van der Waals surface area contributed by atoms with E-state index in [0.29, 0.717) is 33.1 Å². The highest BCUT2D eigenvalue weighted by atomic mass is 35.5. The predicted molar refractivity (Wildman–Crippen MR) is 159 cm³/mol. The lowest BCUT2D eigenvalue weighted by Gasteiger charge is -2.36. The number of halogens is 2. The van der Waals surface area contributed by atoms with Crippen LogP contribution in [0.5, 0.6) is 11.5 Å². The standard InChI is InChI=1S/C28H34Cl2N6O2/c1-6-35-9-11-36(12-10-35)20-13-18(2)27(22(14-20)31-3)34-28-32-16-19(17-33-28)7-8-21-25(29)23(37-4)15-24(38-5)26(21)30/h7-8,13-17,31H,6,9-12H2,1-5H3,(H,32,33,34)/b8-7+. The van der Waals surface area contributed by atoms with Crippen molar-refractivity contribution in [2.45, 2.75) is 13.8 Å². The van der Waals surface area contributed by atoms with Crippen molar-refractivity contribution in [1.29, 1.82) is 0 Å². The zero-order valence-electron chi connectivity index (χ0n) is 22.4. The lowest BCUT2D eigenvalue weighted by Crippen LogP contribution is -2.46. The first-order valence-electron chi connectivity index (χ1n) is 12.5. The Kier molecular flexibility index (Phi) is 9.20. The Morgan fingerprint density at radius 1 is 0.947 bits per heavy atom. The van der Waals surface area contributed by atoms with Gasteiger partial charge in [0.25, 0.3) is 0 Å². The van der Waals surface area contributed by atoms with Gasteiger partial charge in [-0.25, -0.2) is 9.97 Å². The molecule has 1 fully saturated rings. The minimum absolute atomic E-state index is 0.402. The van der Waals surface area contributed by atoms with E-state index in [1.807, 2.05) is 13.1 Å². The molecule has 0 radical (unpaired) electrons. The molecule has 0 unspecified atom stereocenters. The number of hydrogen-bond acceptors (Lipinski definition) is 8. The van der Waals surface area contributed by atoms with Gasteiger partial charge in [0.1, 0.15) is 11.5 Å². The molecule has 10 heteroatoms. The van der Waals surface area contributed by atoms with E-state index in [1.54, 1.807) is 38.8 Å². The third-order valence-electron chi connectivity index (χ3n) is 6.73. The Balaban J connectivity index is 1.51. The zero-order chi connectivity index (χ0) is 27.2. The fourth-order valence-electron chi connectivity index (χ4n) is 4.47. The molecule has 1 aliphatic heterocycles. The van der Waals surface area contributed by atoms with E-state index in [2.05, 4.69) is 56.4 Å². The molecule has 0 bridgehead atoms. The van der Waals surface area contributed by atoms with Crippen LogP contribution in [0, 0.1) is 6.92 Å². The van der Waals surface area contributed by atoms with E-state index in [9.17, 15) is 0 Å². The highest BCUT2D eigenvalue weighted by molar-refractivity contribution is 6.39. The molecule has 0 spiro atoms. The first kappa shape index (κ1) is 27.8. The van der Waals surface area contributed by atoms with E-state index in [1.165, 1.54) is 5.69 Å². The average molecular weight is 558 g/mol. The van der Waals surface area contributed by atoms with Crippen molar-refractivity contribution in [1.82, 2.24) is 14.9 Å². The fourth-order valence-corrected chi connectivity index (χ4v) is 5.09. The van der Waals surface area contributed by atoms with Gasteiger partial charge in [-0.3, -0.25) is 0 Å². The number of methoxy groups -OCH3 is 2. The van der Waals surface area contributed by atoms with Gasteiger partial charge in [-0.1, -0.05) is 42.3 Å². The Labute approximate surface area is 234 Å². The van der Waals surface area contributed by atoms with Gasteiger partial charge in [0, 0.05) is 68.5 Å². The van der Waals surface area contributed by atoms with Crippen LogP contribution in [0.2, 0.25) is 10.0 Å². The fraction of sp³-hybridized carbons (Fsp3) is 0.357. The van der Waals surface area contributed by atoms with Gasteiger partial charge in [-0.15, -0.1) is 0 Å². The number of nitrogens with zero attached hydrogens (tertiary/aromatic N) is 4. The van der Waals surface area contributed by atoms with Crippen LogP contribution in [0.1, 0.15) is 23.6 Å². The van der Waals surface area contributed by atoms with Crippen LogP contribution in [0.4, 0.5) is 23.0 Å². The summed E-state index contributed by atoms with van der Waals surface area (Å²) in [5.41, 5.74) is 5.68.